The molecular formula is C17H13F2N3O2. The summed E-state index contributed by atoms with van der Waals surface area (Å²) in [6.45, 7) is 2.56. The molecule has 1 aromatic carbocycles. The van der Waals surface area contributed by atoms with E-state index in [9.17, 15) is 13.6 Å². The standard InChI is InChI=1S/C17H13F2N3O2/c1-10-7-8-20-13(9-10)14(23)11-3-5-12(6-4-11)15-21-16(24-22-15)17(2,18)19/h3-9H,1-2H3. The van der Waals surface area contributed by atoms with Gasteiger partial charge in [0.05, 0.1) is 0 Å². The Kier molecular flexibility index (Phi) is 3.92. The summed E-state index contributed by atoms with van der Waals surface area (Å²) >= 11 is 0. The Morgan fingerprint density at radius 3 is 2.46 bits per heavy atom. The van der Waals surface area contributed by atoms with E-state index in [1.54, 1.807) is 42.6 Å². The molecule has 3 aromatic rings. The van der Waals surface area contributed by atoms with Crippen LogP contribution in [0.2, 0.25) is 0 Å². The SMILES string of the molecule is Cc1ccnc(C(=O)c2ccc(-c3noc(C(C)(F)F)n3)cc2)c1. The molecule has 0 unspecified atom stereocenters. The predicted molar refractivity (Wildman–Crippen MR) is 81.7 cm³/mol. The lowest BCUT2D eigenvalue weighted by atomic mass is 10.0. The number of benzene rings is 1. The van der Waals surface area contributed by atoms with Gasteiger partial charge in [-0.1, -0.05) is 29.4 Å². The summed E-state index contributed by atoms with van der Waals surface area (Å²) < 4.78 is 30.8. The molecule has 0 saturated carbocycles. The van der Waals surface area contributed by atoms with Crippen molar-refractivity contribution >= 4 is 5.78 Å². The number of pyridine rings is 1. The van der Waals surface area contributed by atoms with E-state index >= 15 is 0 Å². The molecule has 0 spiro atoms. The molecule has 122 valence electrons. The van der Waals surface area contributed by atoms with Crippen LogP contribution in [0.3, 0.4) is 0 Å². The van der Waals surface area contributed by atoms with Gasteiger partial charge >= 0.3 is 5.92 Å². The van der Waals surface area contributed by atoms with Crippen molar-refractivity contribution < 1.29 is 18.1 Å². The molecule has 3 rings (SSSR count). The van der Waals surface area contributed by atoms with Gasteiger partial charge in [0.2, 0.25) is 11.6 Å². The maximum atomic E-state index is 13.1. The maximum absolute atomic E-state index is 13.1. The quantitative estimate of drug-likeness (QED) is 0.681. The number of carbonyl (C=O) groups excluding carboxylic acids is 1. The summed E-state index contributed by atoms with van der Waals surface area (Å²) in [7, 11) is 0. The molecule has 0 aliphatic rings. The van der Waals surface area contributed by atoms with Gasteiger partial charge in [0.1, 0.15) is 5.69 Å². The molecule has 0 bridgehead atoms. The molecule has 0 aliphatic carbocycles. The Bertz CT molecular complexity index is 883. The lowest BCUT2D eigenvalue weighted by Crippen LogP contribution is -2.07. The van der Waals surface area contributed by atoms with E-state index in [1.807, 2.05) is 6.92 Å². The lowest BCUT2D eigenvalue weighted by molar-refractivity contribution is -0.0158. The summed E-state index contributed by atoms with van der Waals surface area (Å²) in [6.07, 6.45) is 1.57. The van der Waals surface area contributed by atoms with Crippen LogP contribution in [0.1, 0.15) is 34.4 Å². The normalized spacial score (nSPS) is 11.5. The topological polar surface area (TPSA) is 68.9 Å². The second-order valence-electron chi connectivity index (χ2n) is 5.44. The lowest BCUT2D eigenvalue weighted by Gasteiger charge is -2.02. The second kappa shape index (κ2) is 5.92. The van der Waals surface area contributed by atoms with Gasteiger partial charge in [-0.3, -0.25) is 9.78 Å². The first-order chi connectivity index (χ1) is 11.3. The second-order valence-corrected chi connectivity index (χ2v) is 5.44. The fourth-order valence-corrected chi connectivity index (χ4v) is 2.10. The smallest absolute Gasteiger partial charge is 0.322 e. The molecule has 7 heteroatoms. The van der Waals surface area contributed by atoms with Gasteiger partial charge in [-0.15, -0.1) is 0 Å². The van der Waals surface area contributed by atoms with Gasteiger partial charge in [0, 0.05) is 24.2 Å². The Hall–Kier alpha value is -2.96. The van der Waals surface area contributed by atoms with Gasteiger partial charge in [0.25, 0.3) is 5.89 Å². The van der Waals surface area contributed by atoms with E-state index in [0.717, 1.165) is 5.56 Å². The van der Waals surface area contributed by atoms with Crippen LogP contribution < -0.4 is 0 Å². The zero-order valence-electron chi connectivity index (χ0n) is 13.0. The van der Waals surface area contributed by atoms with Crippen molar-refractivity contribution in [1.82, 2.24) is 15.1 Å². The minimum absolute atomic E-state index is 0.0409. The van der Waals surface area contributed by atoms with E-state index in [0.29, 0.717) is 23.7 Å². The summed E-state index contributed by atoms with van der Waals surface area (Å²) in [6, 6.07) is 9.79. The molecule has 0 amide bonds. The molecule has 0 atom stereocenters. The highest BCUT2D eigenvalue weighted by atomic mass is 19.3. The Morgan fingerprint density at radius 1 is 1.17 bits per heavy atom. The number of alkyl halides is 2. The Morgan fingerprint density at radius 2 is 1.88 bits per heavy atom. The summed E-state index contributed by atoms with van der Waals surface area (Å²) in [4.78, 5) is 20.1. The monoisotopic (exact) mass is 329 g/mol. The van der Waals surface area contributed by atoms with Crippen LogP contribution in [-0.4, -0.2) is 20.9 Å². The van der Waals surface area contributed by atoms with Crippen molar-refractivity contribution in [3.05, 3.63) is 65.3 Å². The molecule has 2 heterocycles. The Labute approximate surface area is 136 Å². The first kappa shape index (κ1) is 15.9. The Balaban J connectivity index is 1.85. The third-order valence-electron chi connectivity index (χ3n) is 3.35. The van der Waals surface area contributed by atoms with Crippen molar-refractivity contribution in [3.8, 4) is 11.4 Å². The molecule has 0 aliphatic heterocycles. The molecular weight excluding hydrogens is 316 g/mol. The number of hydrogen-bond donors (Lipinski definition) is 0. The van der Waals surface area contributed by atoms with Crippen LogP contribution in [0.5, 0.6) is 0 Å². The molecule has 2 aromatic heterocycles. The number of ketones is 1. The fourth-order valence-electron chi connectivity index (χ4n) is 2.10. The summed E-state index contributed by atoms with van der Waals surface area (Å²) in [5, 5.41) is 3.53. The number of nitrogens with zero attached hydrogens (tertiary/aromatic N) is 3. The zero-order chi connectivity index (χ0) is 17.3. The first-order valence-corrected chi connectivity index (χ1v) is 7.14. The van der Waals surface area contributed by atoms with Crippen LogP contribution in [0, 0.1) is 6.92 Å². The number of hydrogen-bond acceptors (Lipinski definition) is 5. The molecule has 5 nitrogen and oxygen atoms in total. The largest absolute Gasteiger partial charge is 0.332 e. The molecule has 0 saturated heterocycles. The van der Waals surface area contributed by atoms with Crippen molar-refractivity contribution in [1.29, 1.82) is 0 Å². The number of aryl methyl sites for hydroxylation is 1. The van der Waals surface area contributed by atoms with Crippen LogP contribution in [0.25, 0.3) is 11.4 Å². The van der Waals surface area contributed by atoms with Gasteiger partial charge in [-0.2, -0.15) is 13.8 Å². The molecule has 24 heavy (non-hydrogen) atoms. The van der Waals surface area contributed by atoms with Crippen molar-refractivity contribution in [2.75, 3.05) is 0 Å². The maximum Gasteiger partial charge on any atom is 0.322 e. The molecule has 0 N–H and O–H groups in total. The molecule has 0 radical (unpaired) electrons. The van der Waals surface area contributed by atoms with Crippen molar-refractivity contribution in [2.24, 2.45) is 0 Å². The minimum atomic E-state index is -3.20. The average molecular weight is 329 g/mol. The fraction of sp³-hybridized carbons (Fsp3) is 0.176. The van der Waals surface area contributed by atoms with Crippen LogP contribution in [0.15, 0.2) is 47.1 Å². The highest BCUT2D eigenvalue weighted by Gasteiger charge is 2.32. The number of rotatable bonds is 4. The number of carbonyl (C=O) groups is 1. The van der Waals surface area contributed by atoms with Gasteiger partial charge < -0.3 is 4.52 Å². The zero-order valence-corrected chi connectivity index (χ0v) is 13.0. The number of halogens is 2. The van der Waals surface area contributed by atoms with Crippen LogP contribution in [-0.2, 0) is 5.92 Å². The third kappa shape index (κ3) is 3.19. The summed E-state index contributed by atoms with van der Waals surface area (Å²) in [5.41, 5.74) is 2.18. The van der Waals surface area contributed by atoms with E-state index in [2.05, 4.69) is 19.6 Å². The predicted octanol–water partition coefficient (Wildman–Crippen LogP) is 3.78. The van der Waals surface area contributed by atoms with Gasteiger partial charge in [-0.05, 0) is 24.6 Å². The van der Waals surface area contributed by atoms with Crippen molar-refractivity contribution in [3.63, 3.8) is 0 Å². The van der Waals surface area contributed by atoms with E-state index in [-0.39, 0.29) is 11.6 Å². The van der Waals surface area contributed by atoms with Crippen LogP contribution >= 0.6 is 0 Å². The average Bonchev–Trinajstić information content (AvgIpc) is 3.04. The van der Waals surface area contributed by atoms with Crippen molar-refractivity contribution in [2.45, 2.75) is 19.8 Å². The third-order valence-corrected chi connectivity index (χ3v) is 3.35. The minimum Gasteiger partial charge on any atom is -0.332 e. The molecule has 0 fully saturated rings. The first-order valence-electron chi connectivity index (χ1n) is 7.14. The summed E-state index contributed by atoms with van der Waals surface area (Å²) in [5.74, 6) is -4.13. The van der Waals surface area contributed by atoms with E-state index in [1.165, 1.54) is 0 Å². The van der Waals surface area contributed by atoms with Gasteiger partial charge in [0.15, 0.2) is 0 Å². The van der Waals surface area contributed by atoms with Gasteiger partial charge in [-0.25, -0.2) is 0 Å². The number of aromatic nitrogens is 3. The highest BCUT2D eigenvalue weighted by molar-refractivity contribution is 6.07. The van der Waals surface area contributed by atoms with E-state index < -0.39 is 11.8 Å². The highest BCUT2D eigenvalue weighted by Crippen LogP contribution is 2.27. The van der Waals surface area contributed by atoms with Crippen LogP contribution in [0.4, 0.5) is 8.78 Å². The van der Waals surface area contributed by atoms with E-state index in [4.69, 9.17) is 0 Å².